The number of hydrogen-bond donors (Lipinski definition) is 1. The van der Waals surface area contributed by atoms with Gasteiger partial charge in [0.15, 0.2) is 5.78 Å². The maximum Gasteiger partial charge on any atom is 0.310 e. The molecular formula is C27H34O5. The minimum Gasteiger partial charge on any atom is -0.493 e. The van der Waals surface area contributed by atoms with E-state index in [0.29, 0.717) is 30.9 Å². The maximum absolute atomic E-state index is 12.2. The molecule has 1 aliphatic carbocycles. The third-order valence-corrected chi connectivity index (χ3v) is 6.08. The highest BCUT2D eigenvalue weighted by molar-refractivity contribution is 5.99. The van der Waals surface area contributed by atoms with E-state index in [2.05, 4.69) is 6.92 Å². The first-order valence-corrected chi connectivity index (χ1v) is 11.8. The summed E-state index contributed by atoms with van der Waals surface area (Å²) in [6, 6.07) is 11.2. The third kappa shape index (κ3) is 5.90. The van der Waals surface area contributed by atoms with Crippen LogP contribution in [0.3, 0.4) is 0 Å². The van der Waals surface area contributed by atoms with Crippen LogP contribution in [0.25, 0.3) is 0 Å². The Morgan fingerprint density at radius 1 is 1.00 bits per heavy atom. The Kier molecular flexibility index (Phi) is 8.72. The van der Waals surface area contributed by atoms with Crippen LogP contribution in [-0.2, 0) is 17.6 Å². The second-order valence-corrected chi connectivity index (χ2v) is 8.45. The van der Waals surface area contributed by atoms with Crippen molar-refractivity contribution in [2.24, 2.45) is 0 Å². The zero-order valence-electron chi connectivity index (χ0n) is 19.2. The van der Waals surface area contributed by atoms with Crippen LogP contribution in [0.4, 0.5) is 0 Å². The SMILES string of the molecule is CCCc1c(OCCCCCOc2ccccc2C(C)C(=O)O)ccc2c1CCCC2=O. The second-order valence-electron chi connectivity index (χ2n) is 8.45. The monoisotopic (exact) mass is 438 g/mol. The first-order chi connectivity index (χ1) is 15.5. The molecule has 5 nitrogen and oxygen atoms in total. The number of carboxylic acids is 1. The number of rotatable bonds is 12. The first kappa shape index (κ1) is 23.8. The number of hydrogen-bond acceptors (Lipinski definition) is 4. The average Bonchev–Trinajstić information content (AvgIpc) is 2.79. The largest absolute Gasteiger partial charge is 0.493 e. The Morgan fingerprint density at radius 2 is 1.72 bits per heavy atom. The molecule has 0 bridgehead atoms. The Hall–Kier alpha value is -2.82. The summed E-state index contributed by atoms with van der Waals surface area (Å²) >= 11 is 0. The maximum atomic E-state index is 12.2. The fourth-order valence-corrected chi connectivity index (χ4v) is 4.29. The minimum absolute atomic E-state index is 0.259. The Bertz CT molecular complexity index is 934. The van der Waals surface area contributed by atoms with Gasteiger partial charge in [-0.15, -0.1) is 0 Å². The van der Waals surface area contributed by atoms with E-state index in [1.807, 2.05) is 36.4 Å². The van der Waals surface area contributed by atoms with Gasteiger partial charge in [-0.3, -0.25) is 9.59 Å². The Balaban J connectivity index is 1.46. The van der Waals surface area contributed by atoms with E-state index in [0.717, 1.165) is 56.3 Å². The van der Waals surface area contributed by atoms with E-state index >= 15 is 0 Å². The summed E-state index contributed by atoms with van der Waals surface area (Å²) in [6.45, 7) is 5.01. The van der Waals surface area contributed by atoms with Crippen LogP contribution >= 0.6 is 0 Å². The molecule has 0 spiro atoms. The summed E-state index contributed by atoms with van der Waals surface area (Å²) < 4.78 is 12.0. The molecule has 0 radical (unpaired) electrons. The molecule has 1 atom stereocenters. The molecule has 0 fully saturated rings. The molecule has 2 aromatic carbocycles. The quantitative estimate of drug-likeness (QED) is 0.413. The summed E-state index contributed by atoms with van der Waals surface area (Å²) in [5.41, 5.74) is 4.01. The lowest BCUT2D eigenvalue weighted by Crippen LogP contribution is -2.14. The van der Waals surface area contributed by atoms with Crippen molar-refractivity contribution in [2.45, 2.75) is 71.1 Å². The second kappa shape index (κ2) is 11.7. The van der Waals surface area contributed by atoms with Crippen LogP contribution < -0.4 is 9.47 Å². The van der Waals surface area contributed by atoms with Gasteiger partial charge in [0.2, 0.25) is 0 Å². The number of Topliss-reactive ketones (excluding diaryl/α,β-unsaturated/α-hetero) is 1. The minimum atomic E-state index is -0.854. The van der Waals surface area contributed by atoms with Crippen LogP contribution in [-0.4, -0.2) is 30.1 Å². The molecule has 0 saturated heterocycles. The highest BCUT2D eigenvalue weighted by atomic mass is 16.5. The average molecular weight is 439 g/mol. The van der Waals surface area contributed by atoms with Gasteiger partial charge in [0, 0.05) is 17.5 Å². The van der Waals surface area contributed by atoms with E-state index in [4.69, 9.17) is 9.47 Å². The number of fused-ring (bicyclic) bond motifs is 1. The Morgan fingerprint density at radius 3 is 2.44 bits per heavy atom. The van der Waals surface area contributed by atoms with E-state index in [9.17, 15) is 14.7 Å². The van der Waals surface area contributed by atoms with Gasteiger partial charge >= 0.3 is 5.97 Å². The van der Waals surface area contributed by atoms with Gasteiger partial charge in [0.25, 0.3) is 0 Å². The van der Waals surface area contributed by atoms with Crippen LogP contribution in [0, 0.1) is 0 Å². The molecule has 0 aromatic heterocycles. The normalized spacial score (nSPS) is 14.0. The molecule has 172 valence electrons. The standard InChI is InChI=1S/C27H34O5/c1-3-10-23-21-12-9-13-24(28)22(21)15-16-26(23)32-18-8-4-7-17-31-25-14-6-5-11-20(25)19(2)27(29)30/h5-6,11,14-16,19H,3-4,7-10,12-13,17-18H2,1-2H3,(H,29,30). The molecule has 1 unspecified atom stereocenters. The summed E-state index contributed by atoms with van der Waals surface area (Å²) in [5, 5.41) is 9.27. The molecule has 5 heteroatoms. The molecule has 1 aliphatic rings. The number of aliphatic carboxylic acids is 1. The lowest BCUT2D eigenvalue weighted by molar-refractivity contribution is -0.138. The highest BCUT2D eigenvalue weighted by Gasteiger charge is 2.22. The predicted molar refractivity (Wildman–Crippen MR) is 125 cm³/mol. The van der Waals surface area contributed by atoms with Crippen molar-refractivity contribution in [3.8, 4) is 11.5 Å². The highest BCUT2D eigenvalue weighted by Crippen LogP contribution is 2.32. The number of ketones is 1. The zero-order chi connectivity index (χ0) is 22.9. The van der Waals surface area contributed by atoms with Crippen LogP contribution in [0.5, 0.6) is 11.5 Å². The smallest absolute Gasteiger partial charge is 0.310 e. The fraction of sp³-hybridized carbons (Fsp3) is 0.481. The van der Waals surface area contributed by atoms with E-state index in [-0.39, 0.29) is 5.78 Å². The topological polar surface area (TPSA) is 72.8 Å². The predicted octanol–water partition coefficient (Wildman–Crippen LogP) is 5.97. The number of ether oxygens (including phenoxy) is 2. The molecule has 2 aromatic rings. The van der Waals surface area contributed by atoms with Crippen molar-refractivity contribution in [1.82, 2.24) is 0 Å². The van der Waals surface area contributed by atoms with Gasteiger partial charge < -0.3 is 14.6 Å². The molecule has 0 amide bonds. The van der Waals surface area contributed by atoms with Gasteiger partial charge in [-0.05, 0) is 74.8 Å². The first-order valence-electron chi connectivity index (χ1n) is 11.8. The van der Waals surface area contributed by atoms with Crippen molar-refractivity contribution < 1.29 is 24.2 Å². The van der Waals surface area contributed by atoms with Gasteiger partial charge in [0.05, 0.1) is 19.1 Å². The summed E-state index contributed by atoms with van der Waals surface area (Å²) in [7, 11) is 0. The van der Waals surface area contributed by atoms with Crippen LogP contribution in [0.1, 0.15) is 85.3 Å². The fourth-order valence-electron chi connectivity index (χ4n) is 4.29. The molecule has 0 saturated carbocycles. The molecule has 0 aliphatic heterocycles. The summed E-state index contributed by atoms with van der Waals surface area (Å²) in [5.74, 6) is 0.380. The lowest BCUT2D eigenvalue weighted by atomic mass is 9.85. The van der Waals surface area contributed by atoms with Gasteiger partial charge in [-0.25, -0.2) is 0 Å². The number of carbonyl (C=O) groups excluding carboxylic acids is 1. The molecule has 1 N–H and O–H groups in total. The van der Waals surface area contributed by atoms with E-state index in [1.54, 1.807) is 6.92 Å². The zero-order valence-corrected chi connectivity index (χ0v) is 19.2. The number of unbranched alkanes of at least 4 members (excludes halogenated alkanes) is 2. The van der Waals surface area contributed by atoms with Gasteiger partial charge in [-0.1, -0.05) is 31.5 Å². The van der Waals surface area contributed by atoms with Crippen LogP contribution in [0.15, 0.2) is 36.4 Å². The van der Waals surface area contributed by atoms with Crippen molar-refractivity contribution in [3.05, 3.63) is 58.7 Å². The number of para-hydroxylation sites is 1. The molecule has 3 rings (SSSR count). The molecule has 0 heterocycles. The Labute approximate surface area is 190 Å². The lowest BCUT2D eigenvalue weighted by Gasteiger charge is -2.21. The van der Waals surface area contributed by atoms with Crippen molar-refractivity contribution in [3.63, 3.8) is 0 Å². The van der Waals surface area contributed by atoms with Crippen molar-refractivity contribution in [1.29, 1.82) is 0 Å². The molecule has 32 heavy (non-hydrogen) atoms. The molecular weight excluding hydrogens is 404 g/mol. The third-order valence-electron chi connectivity index (χ3n) is 6.08. The van der Waals surface area contributed by atoms with E-state index in [1.165, 1.54) is 11.1 Å². The summed E-state index contributed by atoms with van der Waals surface area (Å²) in [4.78, 5) is 23.5. The van der Waals surface area contributed by atoms with Crippen molar-refractivity contribution in [2.75, 3.05) is 13.2 Å². The summed E-state index contributed by atoms with van der Waals surface area (Å²) in [6.07, 6.45) is 7.27. The number of carbonyl (C=O) groups is 2. The van der Waals surface area contributed by atoms with E-state index < -0.39 is 11.9 Å². The number of carboxylic acid groups (broad SMARTS) is 1. The number of benzene rings is 2. The van der Waals surface area contributed by atoms with Crippen molar-refractivity contribution >= 4 is 11.8 Å². The van der Waals surface area contributed by atoms with Gasteiger partial charge in [0.1, 0.15) is 11.5 Å². The van der Waals surface area contributed by atoms with Gasteiger partial charge in [-0.2, -0.15) is 0 Å². The van der Waals surface area contributed by atoms with Crippen LogP contribution in [0.2, 0.25) is 0 Å².